The number of ether oxygens (including phenoxy) is 1. The number of benzene rings is 3. The Morgan fingerprint density at radius 3 is 2.65 bits per heavy atom. The molecule has 3 aromatic carbocycles. The first-order valence-corrected chi connectivity index (χ1v) is 12.9. The number of carbonyl (C=O) groups excluding carboxylic acids is 2. The molecule has 5 rings (SSSR count). The van der Waals surface area contributed by atoms with Gasteiger partial charge in [0, 0.05) is 30.2 Å². The van der Waals surface area contributed by atoms with E-state index in [2.05, 4.69) is 11.4 Å². The van der Waals surface area contributed by atoms with Crippen molar-refractivity contribution in [2.75, 3.05) is 24.6 Å². The third kappa shape index (κ3) is 5.94. The molecule has 0 saturated heterocycles. The van der Waals surface area contributed by atoms with E-state index in [0.717, 1.165) is 41.9 Å². The van der Waals surface area contributed by atoms with E-state index < -0.39 is 0 Å². The minimum Gasteiger partial charge on any atom is -0.484 e. The zero-order valence-electron chi connectivity index (χ0n) is 20.5. The topological polar surface area (TPSA) is 76.5 Å². The number of carbonyl (C=O) groups is 2. The van der Waals surface area contributed by atoms with Gasteiger partial charge in [-0.2, -0.15) is 0 Å². The fourth-order valence-corrected chi connectivity index (χ4v) is 4.84. The second-order valence-electron chi connectivity index (χ2n) is 9.08. The molecule has 4 aromatic rings. The van der Waals surface area contributed by atoms with Crippen molar-refractivity contribution in [2.24, 2.45) is 0 Å². The van der Waals surface area contributed by atoms with Crippen LogP contribution in [0.3, 0.4) is 0 Å². The first kappa shape index (κ1) is 24.8. The van der Waals surface area contributed by atoms with Gasteiger partial charge in [0.05, 0.1) is 11.0 Å². The third-order valence-electron chi connectivity index (χ3n) is 6.52. The molecular weight excluding hydrogens is 488 g/mol. The maximum atomic E-state index is 13.4. The minimum absolute atomic E-state index is 0.0594. The summed E-state index contributed by atoms with van der Waals surface area (Å²) in [7, 11) is 0. The lowest BCUT2D eigenvalue weighted by atomic mass is 10.0. The number of hydrogen-bond donors (Lipinski definition) is 1. The van der Waals surface area contributed by atoms with Crippen LogP contribution in [0, 0.1) is 0 Å². The number of rotatable bonds is 9. The van der Waals surface area contributed by atoms with Crippen LogP contribution in [0.5, 0.6) is 5.75 Å². The van der Waals surface area contributed by atoms with Gasteiger partial charge < -0.3 is 19.5 Å². The van der Waals surface area contributed by atoms with Crippen LogP contribution in [0.25, 0.3) is 11.0 Å². The second kappa shape index (κ2) is 11.5. The van der Waals surface area contributed by atoms with Gasteiger partial charge in [-0.3, -0.25) is 9.59 Å². The highest BCUT2D eigenvalue weighted by Gasteiger charge is 2.24. The molecule has 1 aliphatic rings. The predicted octanol–water partition coefficient (Wildman–Crippen LogP) is 4.80. The van der Waals surface area contributed by atoms with Crippen LogP contribution >= 0.6 is 11.6 Å². The van der Waals surface area contributed by atoms with E-state index in [9.17, 15) is 9.59 Å². The van der Waals surface area contributed by atoms with Gasteiger partial charge in [-0.15, -0.1) is 0 Å². The maximum absolute atomic E-state index is 13.4. The van der Waals surface area contributed by atoms with Crippen molar-refractivity contribution < 1.29 is 14.3 Å². The maximum Gasteiger partial charge on any atom is 0.257 e. The van der Waals surface area contributed by atoms with Crippen LogP contribution in [0.2, 0.25) is 5.02 Å². The molecule has 0 radical (unpaired) electrons. The van der Waals surface area contributed by atoms with E-state index >= 15 is 0 Å². The molecule has 1 N–H and O–H groups in total. The number of imidazole rings is 1. The quantitative estimate of drug-likeness (QED) is 0.324. The Morgan fingerprint density at radius 2 is 1.78 bits per heavy atom. The summed E-state index contributed by atoms with van der Waals surface area (Å²) in [6.07, 6.45) is 3.28. The predicted molar refractivity (Wildman–Crippen MR) is 145 cm³/mol. The zero-order valence-corrected chi connectivity index (χ0v) is 21.3. The number of aromatic nitrogens is 2. The number of para-hydroxylation sites is 3. The van der Waals surface area contributed by atoms with Crippen LogP contribution in [-0.2, 0) is 29.0 Å². The zero-order chi connectivity index (χ0) is 25.6. The third-order valence-corrected chi connectivity index (χ3v) is 6.77. The lowest BCUT2D eigenvalue weighted by Crippen LogP contribution is -2.38. The van der Waals surface area contributed by atoms with Crippen molar-refractivity contribution in [2.45, 2.75) is 32.2 Å². The van der Waals surface area contributed by atoms with Crippen LogP contribution in [-0.4, -0.2) is 41.1 Å². The number of nitrogens with zero attached hydrogens (tertiary/aromatic N) is 3. The molecule has 0 bridgehead atoms. The Bertz CT molecular complexity index is 1400. The smallest absolute Gasteiger partial charge is 0.257 e. The van der Waals surface area contributed by atoms with Gasteiger partial charge in [-0.05, 0) is 67.3 Å². The van der Waals surface area contributed by atoms with E-state index in [0.29, 0.717) is 30.2 Å². The summed E-state index contributed by atoms with van der Waals surface area (Å²) in [4.78, 5) is 32.3. The Kier molecular flexibility index (Phi) is 7.70. The molecule has 7 nitrogen and oxygen atoms in total. The molecule has 2 amide bonds. The van der Waals surface area contributed by atoms with E-state index in [1.54, 1.807) is 24.3 Å². The molecule has 0 aliphatic carbocycles. The summed E-state index contributed by atoms with van der Waals surface area (Å²) in [6, 6.07) is 22.9. The van der Waals surface area contributed by atoms with Crippen molar-refractivity contribution in [3.63, 3.8) is 0 Å². The number of aryl methyl sites for hydroxylation is 2. The number of anilines is 1. The lowest BCUT2D eigenvalue weighted by molar-refractivity contribution is -0.123. The normalized spacial score (nSPS) is 12.8. The average molecular weight is 517 g/mol. The van der Waals surface area contributed by atoms with Gasteiger partial charge in [-0.1, -0.05) is 41.9 Å². The highest BCUT2D eigenvalue weighted by Crippen LogP contribution is 2.27. The Hall–Kier alpha value is -3.84. The van der Waals surface area contributed by atoms with Gasteiger partial charge in [0.2, 0.25) is 5.91 Å². The van der Waals surface area contributed by atoms with Gasteiger partial charge in [-0.25, -0.2) is 4.98 Å². The van der Waals surface area contributed by atoms with Crippen LogP contribution < -0.4 is 15.0 Å². The highest BCUT2D eigenvalue weighted by atomic mass is 35.5. The lowest BCUT2D eigenvalue weighted by Gasteiger charge is -2.29. The number of amides is 2. The molecule has 37 heavy (non-hydrogen) atoms. The number of hydrogen-bond acceptors (Lipinski definition) is 4. The molecule has 2 heterocycles. The molecule has 1 aliphatic heterocycles. The Balaban J connectivity index is 1.20. The standard InChI is InChI=1S/C29H29ClN4O3/c30-22-13-15-23(16-14-22)37-20-28(35)31-17-5-12-27-32-24-9-2-4-11-26(24)34(27)19-29(36)33-18-6-8-21-7-1-3-10-25(21)33/h1-4,7,9-11,13-16H,5-6,8,12,17-20H2,(H,31,35). The van der Waals surface area contributed by atoms with Crippen molar-refractivity contribution >= 4 is 40.1 Å². The van der Waals surface area contributed by atoms with Crippen molar-refractivity contribution in [3.8, 4) is 5.75 Å². The summed E-state index contributed by atoms with van der Waals surface area (Å²) in [6.45, 7) is 1.37. The summed E-state index contributed by atoms with van der Waals surface area (Å²) in [5.74, 6) is 1.30. The molecule has 0 fully saturated rings. The molecule has 1 aromatic heterocycles. The second-order valence-corrected chi connectivity index (χ2v) is 9.51. The summed E-state index contributed by atoms with van der Waals surface area (Å²) in [5, 5.41) is 3.51. The van der Waals surface area contributed by atoms with E-state index in [-0.39, 0.29) is 25.0 Å². The largest absolute Gasteiger partial charge is 0.484 e. The van der Waals surface area contributed by atoms with Crippen LogP contribution in [0.4, 0.5) is 5.69 Å². The van der Waals surface area contributed by atoms with Crippen molar-refractivity contribution in [3.05, 3.63) is 89.2 Å². The van der Waals surface area contributed by atoms with Crippen molar-refractivity contribution in [1.29, 1.82) is 0 Å². The van der Waals surface area contributed by atoms with Crippen LogP contribution in [0.15, 0.2) is 72.8 Å². The molecular formula is C29H29ClN4O3. The first-order chi connectivity index (χ1) is 18.1. The average Bonchev–Trinajstić information content (AvgIpc) is 3.27. The fraction of sp³-hybridized carbons (Fsp3) is 0.276. The molecule has 0 spiro atoms. The van der Waals surface area contributed by atoms with Gasteiger partial charge in [0.1, 0.15) is 18.1 Å². The van der Waals surface area contributed by atoms with Crippen LogP contribution in [0.1, 0.15) is 24.2 Å². The van der Waals surface area contributed by atoms with Gasteiger partial charge in [0.25, 0.3) is 5.91 Å². The highest BCUT2D eigenvalue weighted by molar-refractivity contribution is 6.30. The van der Waals surface area contributed by atoms with E-state index in [1.165, 1.54) is 5.56 Å². The molecule has 8 heteroatoms. The Morgan fingerprint density at radius 1 is 1.00 bits per heavy atom. The first-order valence-electron chi connectivity index (χ1n) is 12.6. The molecule has 0 atom stereocenters. The van der Waals surface area contributed by atoms with E-state index in [1.807, 2.05) is 51.9 Å². The fourth-order valence-electron chi connectivity index (χ4n) is 4.71. The van der Waals surface area contributed by atoms with Gasteiger partial charge >= 0.3 is 0 Å². The number of nitrogens with one attached hydrogen (secondary N) is 1. The Labute approximate surface area is 221 Å². The number of halogens is 1. The molecule has 0 saturated carbocycles. The SMILES string of the molecule is O=C(COc1ccc(Cl)cc1)NCCCc1nc2ccccc2n1CC(=O)N1CCCc2ccccc21. The minimum atomic E-state index is -0.192. The molecule has 190 valence electrons. The summed E-state index contributed by atoms with van der Waals surface area (Å²) < 4.78 is 7.51. The monoisotopic (exact) mass is 516 g/mol. The van der Waals surface area contributed by atoms with Crippen molar-refractivity contribution in [1.82, 2.24) is 14.9 Å². The van der Waals surface area contributed by atoms with E-state index in [4.69, 9.17) is 21.3 Å². The summed E-state index contributed by atoms with van der Waals surface area (Å²) >= 11 is 5.87. The number of fused-ring (bicyclic) bond motifs is 2. The molecule has 0 unspecified atom stereocenters. The van der Waals surface area contributed by atoms with Gasteiger partial charge in [0.15, 0.2) is 6.61 Å². The summed E-state index contributed by atoms with van der Waals surface area (Å²) in [5.41, 5.74) is 4.03.